The zero-order valence-corrected chi connectivity index (χ0v) is 20.7. The van der Waals surface area contributed by atoms with Gasteiger partial charge < -0.3 is 27.0 Å². The van der Waals surface area contributed by atoms with Crippen LogP contribution in [0.3, 0.4) is 0 Å². The highest BCUT2D eigenvalue weighted by Crippen LogP contribution is 2.25. The number of benzene rings is 1. The molecular formula is C25H41N5O3. The molecule has 1 saturated heterocycles. The van der Waals surface area contributed by atoms with Gasteiger partial charge in [0.2, 0.25) is 17.7 Å². The van der Waals surface area contributed by atoms with E-state index in [4.69, 9.17) is 11.5 Å². The Morgan fingerprint density at radius 1 is 1.09 bits per heavy atom. The molecule has 0 bridgehead atoms. The Morgan fingerprint density at radius 2 is 1.64 bits per heavy atom. The van der Waals surface area contributed by atoms with E-state index in [0.29, 0.717) is 6.42 Å². The fourth-order valence-corrected chi connectivity index (χ4v) is 4.27. The standard InChI is InChI=1S/C15H29N5O3.C10H12/c1-8(18-5)13(22)19-11(15(2,3)4)14(23)20-7-9(16)6-10(20)12(17)21;1-2-6-10-8-4-3-7-9(10)5-1/h8-11,18H,6-7,16H2,1-5H3,(H2,17,21)(H,19,22);1-2,5-6H,3-4,7-8H2/t8?,9?,10?,11-;/m1./s1. The van der Waals surface area contributed by atoms with E-state index in [-0.39, 0.29) is 24.4 Å². The molecule has 6 N–H and O–H groups in total. The van der Waals surface area contributed by atoms with E-state index in [1.54, 1.807) is 25.1 Å². The summed E-state index contributed by atoms with van der Waals surface area (Å²) in [6.07, 6.45) is 5.72. The third kappa shape index (κ3) is 7.27. The van der Waals surface area contributed by atoms with E-state index in [1.165, 1.54) is 30.6 Å². The number of carbonyl (C=O) groups excluding carboxylic acids is 3. The van der Waals surface area contributed by atoms with Gasteiger partial charge >= 0.3 is 0 Å². The van der Waals surface area contributed by atoms with Crippen molar-refractivity contribution in [1.82, 2.24) is 15.5 Å². The summed E-state index contributed by atoms with van der Waals surface area (Å²) in [4.78, 5) is 38.1. The number of amides is 3. The minimum Gasteiger partial charge on any atom is -0.368 e. The molecule has 1 aromatic carbocycles. The number of primary amides is 1. The second-order valence-electron chi connectivity index (χ2n) is 10.2. The molecule has 8 heteroatoms. The number of likely N-dealkylation sites (tertiary alicyclic amines) is 1. The molecule has 3 unspecified atom stereocenters. The molecule has 33 heavy (non-hydrogen) atoms. The highest BCUT2D eigenvalue weighted by molar-refractivity contribution is 5.93. The number of carbonyl (C=O) groups is 3. The van der Waals surface area contributed by atoms with Gasteiger partial charge in [-0.2, -0.15) is 0 Å². The van der Waals surface area contributed by atoms with Crippen LogP contribution in [0.1, 0.15) is 58.1 Å². The second-order valence-corrected chi connectivity index (χ2v) is 10.2. The van der Waals surface area contributed by atoms with Gasteiger partial charge in [-0.25, -0.2) is 0 Å². The lowest BCUT2D eigenvalue weighted by Gasteiger charge is -2.35. The molecule has 3 rings (SSSR count). The summed E-state index contributed by atoms with van der Waals surface area (Å²) in [7, 11) is 1.67. The average Bonchev–Trinajstić information content (AvgIpc) is 3.18. The third-order valence-corrected chi connectivity index (χ3v) is 6.43. The second kappa shape index (κ2) is 11.6. The van der Waals surface area contributed by atoms with Gasteiger partial charge in [-0.3, -0.25) is 14.4 Å². The van der Waals surface area contributed by atoms with E-state index in [0.717, 1.165) is 0 Å². The lowest BCUT2D eigenvalue weighted by Crippen LogP contribution is -2.59. The normalized spacial score (nSPS) is 21.8. The highest BCUT2D eigenvalue weighted by atomic mass is 16.2. The molecule has 2 aliphatic rings. The predicted octanol–water partition coefficient (Wildman–Crippen LogP) is 1.10. The Morgan fingerprint density at radius 3 is 2.09 bits per heavy atom. The van der Waals surface area contributed by atoms with Crippen LogP contribution in [0, 0.1) is 5.41 Å². The minimum atomic E-state index is -0.766. The number of nitrogens with zero attached hydrogens (tertiary/aromatic N) is 1. The van der Waals surface area contributed by atoms with Crippen molar-refractivity contribution in [1.29, 1.82) is 0 Å². The van der Waals surface area contributed by atoms with Crippen molar-refractivity contribution < 1.29 is 14.4 Å². The zero-order valence-electron chi connectivity index (χ0n) is 20.7. The fourth-order valence-electron chi connectivity index (χ4n) is 4.27. The van der Waals surface area contributed by atoms with Crippen molar-refractivity contribution >= 4 is 17.7 Å². The molecule has 1 fully saturated rings. The summed E-state index contributed by atoms with van der Waals surface area (Å²) in [5, 5.41) is 5.61. The van der Waals surface area contributed by atoms with Crippen molar-refractivity contribution in [2.75, 3.05) is 13.6 Å². The Bertz CT molecular complexity index is 811. The number of rotatable bonds is 5. The van der Waals surface area contributed by atoms with Crippen LogP contribution in [0.5, 0.6) is 0 Å². The average molecular weight is 460 g/mol. The molecule has 184 valence electrons. The lowest BCUT2D eigenvalue weighted by atomic mass is 9.85. The van der Waals surface area contributed by atoms with Gasteiger partial charge in [-0.1, -0.05) is 45.0 Å². The Balaban J connectivity index is 0.000000315. The first-order chi connectivity index (χ1) is 15.5. The summed E-state index contributed by atoms with van der Waals surface area (Å²) in [6.45, 7) is 7.54. The smallest absolute Gasteiger partial charge is 0.246 e. The van der Waals surface area contributed by atoms with E-state index in [2.05, 4.69) is 34.9 Å². The lowest BCUT2D eigenvalue weighted by molar-refractivity contribution is -0.143. The van der Waals surface area contributed by atoms with Crippen LogP contribution in [-0.4, -0.2) is 60.4 Å². The number of nitrogens with one attached hydrogen (secondary N) is 2. The molecule has 0 saturated carbocycles. The molecule has 0 aromatic heterocycles. The largest absolute Gasteiger partial charge is 0.368 e. The molecule has 0 spiro atoms. The summed E-state index contributed by atoms with van der Waals surface area (Å²) < 4.78 is 0. The topological polar surface area (TPSA) is 131 Å². The Kier molecular flexibility index (Phi) is 9.43. The van der Waals surface area contributed by atoms with Crippen molar-refractivity contribution in [3.8, 4) is 0 Å². The quantitative estimate of drug-likeness (QED) is 0.524. The summed E-state index contributed by atoms with van der Waals surface area (Å²) in [6, 6.07) is 6.60. The minimum absolute atomic E-state index is 0.260. The summed E-state index contributed by atoms with van der Waals surface area (Å²) in [5.41, 5.74) is 13.9. The van der Waals surface area contributed by atoms with Crippen molar-refractivity contribution in [2.24, 2.45) is 16.9 Å². The van der Waals surface area contributed by atoms with Gasteiger partial charge in [-0.15, -0.1) is 0 Å². The first-order valence-electron chi connectivity index (χ1n) is 11.9. The van der Waals surface area contributed by atoms with E-state index >= 15 is 0 Å². The summed E-state index contributed by atoms with van der Waals surface area (Å²) in [5.74, 6) is -1.18. The number of likely N-dealkylation sites (N-methyl/N-ethyl adjacent to an activating group) is 1. The van der Waals surface area contributed by atoms with Crippen LogP contribution in [0.4, 0.5) is 0 Å². The van der Waals surface area contributed by atoms with Gasteiger partial charge in [-0.05, 0) is 62.6 Å². The molecule has 1 aromatic rings. The maximum Gasteiger partial charge on any atom is 0.246 e. The number of aryl methyl sites for hydroxylation is 2. The first kappa shape index (κ1) is 26.8. The SMILES string of the molecule is CNC(C)C(=O)N[C@H](C(=O)N1CC(N)CC1C(N)=O)C(C)(C)C.c1ccc2c(c1)CCCC2. The monoisotopic (exact) mass is 459 g/mol. The number of fused-ring (bicyclic) bond motifs is 1. The van der Waals surface area contributed by atoms with Gasteiger partial charge in [0.25, 0.3) is 0 Å². The highest BCUT2D eigenvalue weighted by Gasteiger charge is 2.43. The van der Waals surface area contributed by atoms with E-state index in [9.17, 15) is 14.4 Å². The number of hydrogen-bond donors (Lipinski definition) is 4. The van der Waals surface area contributed by atoms with Crippen LogP contribution < -0.4 is 22.1 Å². The number of hydrogen-bond acceptors (Lipinski definition) is 5. The third-order valence-electron chi connectivity index (χ3n) is 6.43. The summed E-state index contributed by atoms with van der Waals surface area (Å²) >= 11 is 0. The van der Waals surface area contributed by atoms with Crippen LogP contribution in [0.2, 0.25) is 0 Å². The van der Waals surface area contributed by atoms with Crippen LogP contribution in [-0.2, 0) is 27.2 Å². The van der Waals surface area contributed by atoms with Crippen LogP contribution in [0.15, 0.2) is 24.3 Å². The van der Waals surface area contributed by atoms with Gasteiger partial charge in [0.05, 0.1) is 6.04 Å². The predicted molar refractivity (Wildman–Crippen MR) is 130 cm³/mol. The molecule has 1 aliphatic carbocycles. The van der Waals surface area contributed by atoms with Crippen molar-refractivity contribution in [3.05, 3.63) is 35.4 Å². The van der Waals surface area contributed by atoms with Gasteiger partial charge in [0, 0.05) is 12.6 Å². The Labute approximate surface area is 197 Å². The van der Waals surface area contributed by atoms with Crippen LogP contribution >= 0.6 is 0 Å². The van der Waals surface area contributed by atoms with Crippen LogP contribution in [0.25, 0.3) is 0 Å². The van der Waals surface area contributed by atoms with E-state index < -0.39 is 29.4 Å². The van der Waals surface area contributed by atoms with Crippen molar-refractivity contribution in [3.63, 3.8) is 0 Å². The molecular weight excluding hydrogens is 418 g/mol. The maximum absolute atomic E-state index is 12.9. The van der Waals surface area contributed by atoms with Gasteiger partial charge in [0.1, 0.15) is 12.1 Å². The molecule has 1 aliphatic heterocycles. The first-order valence-corrected chi connectivity index (χ1v) is 11.9. The van der Waals surface area contributed by atoms with Gasteiger partial charge in [0.15, 0.2) is 0 Å². The molecule has 3 amide bonds. The molecule has 0 radical (unpaired) electrons. The Hall–Kier alpha value is -2.45. The fraction of sp³-hybridized carbons (Fsp3) is 0.640. The molecule has 4 atom stereocenters. The molecule has 1 heterocycles. The zero-order chi connectivity index (χ0) is 24.8. The van der Waals surface area contributed by atoms with Crippen molar-refractivity contribution in [2.45, 2.75) is 84.0 Å². The number of nitrogens with two attached hydrogens (primary N) is 2. The molecule has 8 nitrogen and oxygen atoms in total. The van der Waals surface area contributed by atoms with E-state index in [1.807, 2.05) is 20.8 Å². The maximum atomic E-state index is 12.9.